The number of anilines is 1. The molecular weight excluding hydrogens is 434 g/mol. The normalized spacial score (nSPS) is 11.8. The molecule has 33 heavy (non-hydrogen) atoms. The second kappa shape index (κ2) is 10.3. The number of hydrogen-bond donors (Lipinski definition) is 2. The van der Waals surface area contributed by atoms with Gasteiger partial charge in [0.25, 0.3) is 5.91 Å². The fourth-order valence-electron chi connectivity index (χ4n) is 3.61. The molecule has 3 aromatic carbocycles. The lowest BCUT2D eigenvalue weighted by Crippen LogP contribution is -2.28. The Morgan fingerprint density at radius 2 is 1.70 bits per heavy atom. The molecule has 0 radical (unpaired) electrons. The molecule has 168 valence electrons. The minimum atomic E-state index is -0.330. The highest BCUT2D eigenvalue weighted by Gasteiger charge is 2.20. The van der Waals surface area contributed by atoms with Crippen LogP contribution in [0, 0.1) is 0 Å². The van der Waals surface area contributed by atoms with E-state index in [1.54, 1.807) is 12.1 Å². The monoisotopic (exact) mass is 459 g/mol. The van der Waals surface area contributed by atoms with Gasteiger partial charge in [-0.1, -0.05) is 66.4 Å². The zero-order chi connectivity index (χ0) is 23.2. The van der Waals surface area contributed by atoms with Gasteiger partial charge in [0.05, 0.1) is 11.8 Å². The summed E-state index contributed by atoms with van der Waals surface area (Å²) in [5.74, 6) is 0.566. The molecule has 0 unspecified atom stereocenters. The molecule has 1 aromatic heterocycles. The summed E-state index contributed by atoms with van der Waals surface area (Å²) >= 11 is 1.32. The van der Waals surface area contributed by atoms with E-state index in [9.17, 15) is 9.59 Å². The Bertz CT molecular complexity index is 1270. The zero-order valence-corrected chi connectivity index (χ0v) is 19.3. The van der Waals surface area contributed by atoms with Gasteiger partial charge in [-0.2, -0.15) is 0 Å². The van der Waals surface area contributed by atoms with Crippen LogP contribution in [0.3, 0.4) is 0 Å². The number of thioether (sulfide) groups is 1. The first-order valence-corrected chi connectivity index (χ1v) is 11.7. The van der Waals surface area contributed by atoms with Crippen molar-refractivity contribution in [1.29, 1.82) is 0 Å². The van der Waals surface area contributed by atoms with E-state index < -0.39 is 0 Å². The van der Waals surface area contributed by atoms with Crippen molar-refractivity contribution in [3.05, 3.63) is 84.2 Å². The maximum absolute atomic E-state index is 12.6. The van der Waals surface area contributed by atoms with Gasteiger partial charge in [-0.15, -0.1) is 10.2 Å². The number of rotatable bonds is 8. The Morgan fingerprint density at radius 1 is 0.970 bits per heavy atom. The third-order valence-electron chi connectivity index (χ3n) is 5.23. The van der Waals surface area contributed by atoms with E-state index in [0.29, 0.717) is 23.1 Å². The van der Waals surface area contributed by atoms with Crippen LogP contribution in [0.2, 0.25) is 0 Å². The van der Waals surface area contributed by atoms with E-state index in [4.69, 9.17) is 0 Å². The van der Waals surface area contributed by atoms with Crippen molar-refractivity contribution in [2.45, 2.75) is 31.6 Å². The van der Waals surface area contributed by atoms with E-state index in [1.165, 1.54) is 11.8 Å². The van der Waals surface area contributed by atoms with Gasteiger partial charge in [0.15, 0.2) is 11.0 Å². The van der Waals surface area contributed by atoms with E-state index in [0.717, 1.165) is 16.5 Å². The molecule has 0 bridgehead atoms. The summed E-state index contributed by atoms with van der Waals surface area (Å²) in [6.07, 6.45) is 0. The summed E-state index contributed by atoms with van der Waals surface area (Å²) in [7, 11) is 0. The van der Waals surface area contributed by atoms with Crippen molar-refractivity contribution in [2.75, 3.05) is 11.1 Å². The second-order valence-electron chi connectivity index (χ2n) is 7.51. The van der Waals surface area contributed by atoms with Crippen LogP contribution in [-0.4, -0.2) is 32.3 Å². The third-order valence-corrected chi connectivity index (χ3v) is 6.20. The van der Waals surface area contributed by atoms with Crippen molar-refractivity contribution in [3.63, 3.8) is 0 Å². The highest BCUT2D eigenvalue weighted by molar-refractivity contribution is 7.99. The number of aromatic nitrogens is 3. The fourth-order valence-corrected chi connectivity index (χ4v) is 4.42. The lowest BCUT2D eigenvalue weighted by atomic mass is 10.1. The number of nitrogens with zero attached hydrogens (tertiary/aromatic N) is 3. The van der Waals surface area contributed by atoms with Gasteiger partial charge >= 0.3 is 0 Å². The largest absolute Gasteiger partial charge is 0.342 e. The Morgan fingerprint density at radius 3 is 2.48 bits per heavy atom. The molecule has 7 nitrogen and oxygen atoms in total. The Hall–Kier alpha value is -3.65. The number of carbonyl (C=O) groups is 2. The molecule has 1 heterocycles. The Labute approximate surface area is 196 Å². The maximum Gasteiger partial charge on any atom is 0.251 e. The number of fused-ring (bicyclic) bond motifs is 1. The molecule has 2 N–H and O–H groups in total. The summed E-state index contributed by atoms with van der Waals surface area (Å²) in [6.45, 7) is 4.48. The van der Waals surface area contributed by atoms with Gasteiger partial charge in [0, 0.05) is 23.2 Å². The maximum atomic E-state index is 12.6. The topological polar surface area (TPSA) is 88.9 Å². The van der Waals surface area contributed by atoms with Crippen molar-refractivity contribution in [2.24, 2.45) is 0 Å². The van der Waals surface area contributed by atoms with Crippen LogP contribution >= 0.6 is 11.8 Å². The molecule has 1 atom stereocenters. The smallest absolute Gasteiger partial charge is 0.251 e. The van der Waals surface area contributed by atoms with E-state index >= 15 is 0 Å². The van der Waals surface area contributed by atoms with Gasteiger partial charge in [-0.25, -0.2) is 0 Å². The molecule has 0 aliphatic rings. The van der Waals surface area contributed by atoms with Crippen molar-refractivity contribution in [1.82, 2.24) is 20.1 Å². The second-order valence-corrected chi connectivity index (χ2v) is 8.45. The zero-order valence-electron chi connectivity index (χ0n) is 18.5. The Balaban J connectivity index is 1.40. The minimum Gasteiger partial charge on any atom is -0.342 e. The van der Waals surface area contributed by atoms with E-state index in [2.05, 4.69) is 20.8 Å². The number of nitrogens with one attached hydrogen (secondary N) is 2. The van der Waals surface area contributed by atoms with Crippen LogP contribution < -0.4 is 10.6 Å². The van der Waals surface area contributed by atoms with Crippen LogP contribution in [0.15, 0.2) is 78.0 Å². The van der Waals surface area contributed by atoms with Gasteiger partial charge < -0.3 is 15.2 Å². The van der Waals surface area contributed by atoms with Gasteiger partial charge in [0.1, 0.15) is 0 Å². The van der Waals surface area contributed by atoms with Crippen LogP contribution in [-0.2, 0) is 11.3 Å². The summed E-state index contributed by atoms with van der Waals surface area (Å²) in [5.41, 5.74) is 1.38. The molecular formula is C25H25N5O2S. The van der Waals surface area contributed by atoms with Crippen molar-refractivity contribution < 1.29 is 9.59 Å². The summed E-state index contributed by atoms with van der Waals surface area (Å²) in [6, 6.07) is 22.5. The predicted molar refractivity (Wildman–Crippen MR) is 131 cm³/mol. The van der Waals surface area contributed by atoms with Gasteiger partial charge in [-0.05, 0) is 37.4 Å². The summed E-state index contributed by atoms with van der Waals surface area (Å²) in [4.78, 5) is 25.1. The van der Waals surface area contributed by atoms with Crippen LogP contribution in [0.5, 0.6) is 0 Å². The number of hydrogen-bond acceptors (Lipinski definition) is 5. The quantitative estimate of drug-likeness (QED) is 0.374. The SMILES string of the molecule is CCn1c(SCC(=O)Nc2cccc3ccccc23)nnc1[C@H](C)NC(=O)c1ccccc1. The van der Waals surface area contributed by atoms with Crippen molar-refractivity contribution in [3.8, 4) is 0 Å². The van der Waals surface area contributed by atoms with Gasteiger partial charge in [0.2, 0.25) is 5.91 Å². The molecule has 8 heteroatoms. The first-order valence-electron chi connectivity index (χ1n) is 10.8. The molecule has 4 aromatic rings. The van der Waals surface area contributed by atoms with Crippen LogP contribution in [0.4, 0.5) is 5.69 Å². The highest BCUT2D eigenvalue weighted by atomic mass is 32.2. The first kappa shape index (κ1) is 22.5. The molecule has 0 saturated heterocycles. The average Bonchev–Trinajstić information content (AvgIpc) is 3.26. The predicted octanol–water partition coefficient (Wildman–Crippen LogP) is 4.67. The molecule has 0 saturated carbocycles. The van der Waals surface area contributed by atoms with E-state index in [1.807, 2.05) is 79.1 Å². The van der Waals surface area contributed by atoms with Crippen molar-refractivity contribution >= 4 is 40.0 Å². The standard InChI is InChI=1S/C25H25N5O2S/c1-3-30-23(17(2)26-24(32)19-11-5-4-6-12-19)28-29-25(30)33-16-22(31)27-21-15-9-13-18-10-7-8-14-20(18)21/h4-15,17H,3,16H2,1-2H3,(H,26,32)(H,27,31)/t17-/m0/s1. The molecule has 0 aliphatic heterocycles. The minimum absolute atomic E-state index is 0.117. The number of carbonyl (C=O) groups excluding carboxylic acids is 2. The molecule has 0 aliphatic carbocycles. The lowest BCUT2D eigenvalue weighted by Gasteiger charge is -2.15. The van der Waals surface area contributed by atoms with Gasteiger partial charge in [-0.3, -0.25) is 9.59 Å². The number of benzene rings is 3. The Kier molecular flexibility index (Phi) is 7.04. The van der Waals surface area contributed by atoms with Crippen LogP contribution in [0.25, 0.3) is 10.8 Å². The summed E-state index contributed by atoms with van der Waals surface area (Å²) in [5, 5.41) is 17.2. The lowest BCUT2D eigenvalue weighted by molar-refractivity contribution is -0.113. The number of amides is 2. The molecule has 0 fully saturated rings. The molecule has 2 amide bonds. The molecule has 0 spiro atoms. The average molecular weight is 460 g/mol. The summed E-state index contributed by atoms with van der Waals surface area (Å²) < 4.78 is 1.92. The third kappa shape index (κ3) is 5.23. The van der Waals surface area contributed by atoms with Crippen LogP contribution in [0.1, 0.15) is 36.1 Å². The van der Waals surface area contributed by atoms with E-state index in [-0.39, 0.29) is 23.6 Å². The first-order chi connectivity index (χ1) is 16.1. The molecule has 4 rings (SSSR count). The highest BCUT2D eigenvalue weighted by Crippen LogP contribution is 2.24. The fraction of sp³-hybridized carbons (Fsp3) is 0.200.